The molecule has 63 heavy (non-hydrogen) atoms. The van der Waals surface area contributed by atoms with Gasteiger partial charge in [0.25, 0.3) is 30.4 Å². The average molecular weight is 952 g/mol. The van der Waals surface area contributed by atoms with E-state index in [9.17, 15) is 47.3 Å². The van der Waals surface area contributed by atoms with E-state index in [0.717, 1.165) is 78.0 Å². The number of fused-ring (bicyclic) bond motifs is 2. The van der Waals surface area contributed by atoms with Gasteiger partial charge in [-0.05, 0) is 125 Å². The molecule has 2 heterocycles. The van der Waals surface area contributed by atoms with E-state index in [1.165, 1.54) is 12.1 Å². The summed E-state index contributed by atoms with van der Waals surface area (Å²) < 4.78 is 130. The van der Waals surface area contributed by atoms with Crippen LogP contribution in [0.3, 0.4) is 0 Å². The van der Waals surface area contributed by atoms with E-state index in [1.54, 1.807) is 24.3 Å². The molecule has 2 aliphatic heterocycles. The van der Waals surface area contributed by atoms with Gasteiger partial charge in [-0.15, -0.1) is 0 Å². The molecule has 3 aliphatic rings. The minimum atomic E-state index is -4.47. The monoisotopic (exact) mass is 951 g/mol. The molecule has 0 saturated heterocycles. The van der Waals surface area contributed by atoms with E-state index in [0.29, 0.717) is 51.0 Å². The predicted molar refractivity (Wildman–Crippen MR) is 247 cm³/mol. The van der Waals surface area contributed by atoms with Crippen LogP contribution in [0.15, 0.2) is 93.4 Å². The van der Waals surface area contributed by atoms with Crippen molar-refractivity contribution in [3.63, 3.8) is 0 Å². The summed E-state index contributed by atoms with van der Waals surface area (Å²) in [7, 11) is -16.5. The molecule has 0 atom stereocenters. The maximum Gasteiger partial charge on any atom is 0.294 e. The van der Waals surface area contributed by atoms with Crippen LogP contribution in [0.2, 0.25) is 0 Å². The van der Waals surface area contributed by atoms with Gasteiger partial charge in [0.2, 0.25) is 15.7 Å². The number of nitrogens with one attached hydrogen (secondary N) is 1. The maximum atomic E-state index is 13.4. The summed E-state index contributed by atoms with van der Waals surface area (Å²) in [6.07, 6.45) is 17.5. The first-order valence-electron chi connectivity index (χ1n) is 21.4. The number of anilines is 1. The SMILES string of the molecule is CC1(C)C(/C=C/C2=CC(=C/C=C3/N(CCCCS(=O)(=O)O)c4ccc(S(=O)(=O)O)cc4C3(C)C)/CCC2)=[N+](CCCCS(=O)(=O)O)c2ccc(S(=O)(=O)NCCCCCCN)cc21. The first kappa shape index (κ1) is 50.5. The number of hydrogen-bond acceptors (Lipinski definition) is 10. The lowest BCUT2D eigenvalue weighted by Crippen LogP contribution is -2.28. The molecule has 0 radical (unpaired) electrons. The Hall–Kier alpha value is -3.53. The van der Waals surface area contributed by atoms with E-state index in [-0.39, 0.29) is 34.1 Å². The molecule has 348 valence electrons. The largest absolute Gasteiger partial charge is 0.344 e. The minimum absolute atomic E-state index is 0.163. The summed E-state index contributed by atoms with van der Waals surface area (Å²) in [5.74, 6) is -0.746. The maximum absolute atomic E-state index is 13.4. The van der Waals surface area contributed by atoms with Crippen molar-refractivity contribution >= 4 is 57.5 Å². The Kier molecular flexibility index (Phi) is 16.3. The van der Waals surface area contributed by atoms with Gasteiger partial charge in [0.1, 0.15) is 6.54 Å². The number of allylic oxidation sites excluding steroid dienone is 8. The highest BCUT2D eigenvalue weighted by atomic mass is 32.2. The molecule has 6 N–H and O–H groups in total. The van der Waals surface area contributed by atoms with Gasteiger partial charge in [0.15, 0.2) is 5.71 Å². The van der Waals surface area contributed by atoms with Crippen LogP contribution in [-0.4, -0.2) is 95.3 Å². The smallest absolute Gasteiger partial charge is 0.294 e. The number of nitrogens with zero attached hydrogens (tertiary/aromatic N) is 2. The Morgan fingerprint density at radius 3 is 2.05 bits per heavy atom. The first-order valence-corrected chi connectivity index (χ1v) is 27.6. The molecule has 0 bridgehead atoms. The Bertz CT molecular complexity index is 2650. The third-order valence-electron chi connectivity index (χ3n) is 12.0. The predicted octanol–water partition coefficient (Wildman–Crippen LogP) is 6.72. The zero-order chi connectivity index (χ0) is 46.4. The van der Waals surface area contributed by atoms with Crippen LogP contribution in [0.4, 0.5) is 11.4 Å². The second-order valence-electron chi connectivity index (χ2n) is 17.6. The lowest BCUT2D eigenvalue weighted by Gasteiger charge is -2.27. The van der Waals surface area contributed by atoms with E-state index in [4.69, 9.17) is 5.73 Å². The molecule has 0 spiro atoms. The van der Waals surface area contributed by atoms with E-state index >= 15 is 0 Å². The summed E-state index contributed by atoms with van der Waals surface area (Å²) in [6.45, 7) is 9.75. The van der Waals surface area contributed by atoms with Crippen LogP contribution in [0, 0.1) is 0 Å². The average Bonchev–Trinajstić information content (AvgIpc) is 3.54. The lowest BCUT2D eigenvalue weighted by molar-refractivity contribution is -0.438. The molecule has 2 aromatic rings. The molecule has 0 saturated carbocycles. The molecule has 0 unspecified atom stereocenters. The quantitative estimate of drug-likeness (QED) is 0.0469. The second kappa shape index (κ2) is 20.3. The number of nitrogens with two attached hydrogens (primary N) is 1. The second-order valence-corrected chi connectivity index (χ2v) is 23.9. The zero-order valence-corrected chi connectivity index (χ0v) is 39.9. The first-order chi connectivity index (χ1) is 29.3. The zero-order valence-electron chi connectivity index (χ0n) is 36.6. The highest BCUT2D eigenvalue weighted by Gasteiger charge is 2.45. The summed E-state index contributed by atoms with van der Waals surface area (Å²) in [4.78, 5) is 1.96. The van der Waals surface area contributed by atoms with Crippen molar-refractivity contribution in [2.24, 2.45) is 5.73 Å². The van der Waals surface area contributed by atoms with Crippen molar-refractivity contribution in [2.75, 3.05) is 42.6 Å². The van der Waals surface area contributed by atoms with Crippen molar-refractivity contribution in [3.05, 3.63) is 94.7 Å². The van der Waals surface area contributed by atoms with Crippen LogP contribution in [0.1, 0.15) is 109 Å². The summed E-state index contributed by atoms with van der Waals surface area (Å²) in [5.41, 5.74) is 11.2. The molecule has 5 rings (SSSR count). The van der Waals surface area contributed by atoms with Gasteiger partial charge in [0, 0.05) is 54.0 Å². The van der Waals surface area contributed by atoms with Gasteiger partial charge in [0.05, 0.1) is 26.7 Å². The van der Waals surface area contributed by atoms with Gasteiger partial charge < -0.3 is 10.6 Å². The Labute approximate surface area is 374 Å². The minimum Gasteiger partial charge on any atom is -0.344 e. The molecule has 15 nitrogen and oxygen atoms in total. The van der Waals surface area contributed by atoms with E-state index in [1.807, 2.05) is 50.8 Å². The molecule has 2 aromatic carbocycles. The molecule has 0 aromatic heterocycles. The Morgan fingerprint density at radius 1 is 0.730 bits per heavy atom. The van der Waals surface area contributed by atoms with Crippen molar-refractivity contribution < 1.29 is 51.9 Å². The fraction of sp³-hybridized carbons (Fsp3) is 0.523. The van der Waals surface area contributed by atoms with Gasteiger partial charge in [-0.3, -0.25) is 13.7 Å². The fourth-order valence-electron chi connectivity index (χ4n) is 8.65. The van der Waals surface area contributed by atoms with Crippen LogP contribution < -0.4 is 15.4 Å². The van der Waals surface area contributed by atoms with Crippen molar-refractivity contribution in [2.45, 2.75) is 119 Å². The summed E-state index contributed by atoms with van der Waals surface area (Å²) >= 11 is 0. The Balaban J connectivity index is 1.45. The van der Waals surface area contributed by atoms with Gasteiger partial charge >= 0.3 is 0 Å². The van der Waals surface area contributed by atoms with Gasteiger partial charge in [-0.1, -0.05) is 44.9 Å². The van der Waals surface area contributed by atoms with E-state index in [2.05, 4.69) is 21.4 Å². The van der Waals surface area contributed by atoms with Crippen molar-refractivity contribution in [1.82, 2.24) is 4.72 Å². The standard InChI is InChI=1S/C44H62N4O11S4/c1-43(2)37-31-35(62(55,56)46-25-8-6-5-7-24-45)18-20-39(37)47(26-9-11-28-60(49,50)51)41(43)22-16-33-14-13-15-34(30-33)17-23-42-44(3,4)38-32-36(63(57,58)59)19-21-40(38)48(42)27-10-12-29-61(52,53)54/h16-23,30-32,46H,5-15,24-29,45H2,1-4H3,(H2-,49,50,51,52,53,54,57,58,59)/p+1. The van der Waals surface area contributed by atoms with Crippen LogP contribution >= 0.6 is 0 Å². The Morgan fingerprint density at radius 2 is 1.38 bits per heavy atom. The van der Waals surface area contributed by atoms with Gasteiger partial charge in [-0.25, -0.2) is 13.1 Å². The highest BCUT2D eigenvalue weighted by molar-refractivity contribution is 7.89. The third kappa shape index (κ3) is 13.1. The van der Waals surface area contributed by atoms with Gasteiger partial charge in [-0.2, -0.15) is 29.8 Å². The van der Waals surface area contributed by atoms with Crippen LogP contribution in [0.5, 0.6) is 0 Å². The van der Waals surface area contributed by atoms with Crippen molar-refractivity contribution in [1.29, 1.82) is 0 Å². The molecular formula is C44H63N4O11S4+. The topological polar surface area (TPSA) is 242 Å². The summed E-state index contributed by atoms with van der Waals surface area (Å²) in [5, 5.41) is 0. The summed E-state index contributed by atoms with van der Waals surface area (Å²) in [6, 6.07) is 9.56. The van der Waals surface area contributed by atoms with E-state index < -0.39 is 51.2 Å². The molecular weight excluding hydrogens is 889 g/mol. The number of benzene rings is 2. The number of hydrogen-bond donors (Lipinski definition) is 5. The number of unbranched alkanes of at least 4 members (excludes halogenated alkanes) is 5. The normalized spacial score (nSPS) is 19.0. The highest BCUT2D eigenvalue weighted by Crippen LogP contribution is 2.49. The third-order valence-corrected chi connectivity index (χ3v) is 16.0. The molecule has 1 aliphatic carbocycles. The van der Waals surface area contributed by atoms with Crippen molar-refractivity contribution in [3.8, 4) is 0 Å². The van der Waals surface area contributed by atoms with Crippen LogP contribution in [0.25, 0.3) is 0 Å². The number of rotatable bonds is 22. The fourth-order valence-corrected chi connectivity index (χ4v) is 11.4. The van der Waals surface area contributed by atoms with Crippen LogP contribution in [-0.2, 0) is 51.2 Å². The lowest BCUT2D eigenvalue weighted by atomic mass is 9.81. The molecule has 0 amide bonds. The molecule has 19 heteroatoms. The number of sulfonamides is 1. The molecule has 0 fully saturated rings.